The van der Waals surface area contributed by atoms with Gasteiger partial charge in [0, 0.05) is 26.3 Å². The molecule has 2 heterocycles. The van der Waals surface area contributed by atoms with Crippen molar-refractivity contribution in [2.45, 2.75) is 38.3 Å². The van der Waals surface area contributed by atoms with Crippen LogP contribution in [0.15, 0.2) is 30.3 Å². The first kappa shape index (κ1) is 17.7. The van der Waals surface area contributed by atoms with Crippen LogP contribution in [0.3, 0.4) is 0 Å². The van der Waals surface area contributed by atoms with Crippen LogP contribution in [0, 0.1) is 0 Å². The van der Waals surface area contributed by atoms with Gasteiger partial charge < -0.3 is 5.11 Å². The van der Waals surface area contributed by atoms with Crippen molar-refractivity contribution in [3.05, 3.63) is 55.7 Å². The molecule has 24 heavy (non-hydrogen) atoms. The zero-order valence-corrected chi connectivity index (χ0v) is 15.7. The third-order valence-electron chi connectivity index (χ3n) is 4.47. The molecule has 3 rings (SSSR count). The lowest BCUT2D eigenvalue weighted by atomic mass is 10.0. The molecule has 3 nitrogen and oxygen atoms in total. The van der Waals surface area contributed by atoms with Gasteiger partial charge in [-0.05, 0) is 49.1 Å². The highest BCUT2D eigenvalue weighted by Gasteiger charge is 2.38. The molecule has 1 N–H and O–H groups in total. The van der Waals surface area contributed by atoms with Gasteiger partial charge in [0.15, 0.2) is 0 Å². The smallest absolute Gasteiger partial charge is 0.320 e. The quantitative estimate of drug-likeness (QED) is 0.765. The second-order valence-corrected chi connectivity index (χ2v) is 8.00. The molecule has 1 aromatic carbocycles. The fourth-order valence-electron chi connectivity index (χ4n) is 3.31. The van der Waals surface area contributed by atoms with Gasteiger partial charge in [0.25, 0.3) is 0 Å². The van der Waals surface area contributed by atoms with Crippen molar-refractivity contribution in [1.82, 2.24) is 4.90 Å². The summed E-state index contributed by atoms with van der Waals surface area (Å²) >= 11 is 14.2. The van der Waals surface area contributed by atoms with E-state index >= 15 is 0 Å². The summed E-state index contributed by atoms with van der Waals surface area (Å²) in [4.78, 5) is 16.2. The third kappa shape index (κ3) is 3.47. The molecular formula is C18H19Cl2NO2S. The first-order valence-corrected chi connectivity index (χ1v) is 9.60. The molecule has 0 bridgehead atoms. The van der Waals surface area contributed by atoms with Crippen molar-refractivity contribution in [3.8, 4) is 0 Å². The van der Waals surface area contributed by atoms with Crippen molar-refractivity contribution >= 4 is 40.5 Å². The van der Waals surface area contributed by atoms with E-state index in [-0.39, 0.29) is 6.04 Å². The van der Waals surface area contributed by atoms with Gasteiger partial charge in [0.2, 0.25) is 0 Å². The number of nitrogens with zero attached hydrogens (tertiary/aromatic N) is 1. The van der Waals surface area contributed by atoms with Crippen molar-refractivity contribution in [2.24, 2.45) is 0 Å². The summed E-state index contributed by atoms with van der Waals surface area (Å²) in [6.07, 6.45) is 2.52. The minimum Gasteiger partial charge on any atom is -0.480 e. The number of hydrogen-bond donors (Lipinski definition) is 1. The zero-order valence-electron chi connectivity index (χ0n) is 13.3. The minimum atomic E-state index is -0.769. The minimum absolute atomic E-state index is 0.149. The Kier molecular flexibility index (Phi) is 5.50. The molecule has 6 heteroatoms. The molecule has 1 fully saturated rings. The van der Waals surface area contributed by atoms with E-state index in [0.717, 1.165) is 29.8 Å². The number of carboxylic acids is 1. The Morgan fingerprint density at radius 2 is 2.17 bits per heavy atom. The molecule has 1 saturated heterocycles. The maximum atomic E-state index is 11.7. The fourth-order valence-corrected chi connectivity index (χ4v) is 4.92. The summed E-state index contributed by atoms with van der Waals surface area (Å²) in [7, 11) is 0. The average Bonchev–Trinajstić information content (AvgIpc) is 3.19. The van der Waals surface area contributed by atoms with E-state index in [9.17, 15) is 9.90 Å². The molecule has 0 radical (unpaired) electrons. The van der Waals surface area contributed by atoms with E-state index < -0.39 is 12.0 Å². The highest BCUT2D eigenvalue weighted by Crippen LogP contribution is 2.41. The number of rotatable bonds is 5. The summed E-state index contributed by atoms with van der Waals surface area (Å²) in [5.74, 6) is -0.769. The van der Waals surface area contributed by atoms with Crippen LogP contribution < -0.4 is 0 Å². The van der Waals surface area contributed by atoms with Crippen molar-refractivity contribution in [2.75, 3.05) is 6.54 Å². The number of benzene rings is 1. The number of halogens is 2. The number of carboxylic acid groups (broad SMARTS) is 1. The van der Waals surface area contributed by atoms with Gasteiger partial charge in [-0.3, -0.25) is 9.69 Å². The second-order valence-electron chi connectivity index (χ2n) is 5.96. The molecule has 1 aliphatic rings. The van der Waals surface area contributed by atoms with E-state index in [1.165, 1.54) is 4.88 Å². The Morgan fingerprint density at radius 3 is 2.79 bits per heavy atom. The third-order valence-corrected chi connectivity index (χ3v) is 6.31. The molecule has 2 atom stereocenters. The van der Waals surface area contributed by atoms with E-state index in [1.807, 2.05) is 12.1 Å². The normalized spacial score (nSPS) is 19.5. The van der Waals surface area contributed by atoms with Gasteiger partial charge in [-0.2, -0.15) is 0 Å². The molecule has 128 valence electrons. The predicted octanol–water partition coefficient (Wildman–Crippen LogP) is 5.26. The number of hydrogen-bond acceptors (Lipinski definition) is 3. The Morgan fingerprint density at radius 1 is 1.38 bits per heavy atom. The monoisotopic (exact) mass is 383 g/mol. The van der Waals surface area contributed by atoms with E-state index in [0.29, 0.717) is 16.5 Å². The van der Waals surface area contributed by atoms with Crippen LogP contribution in [0.4, 0.5) is 0 Å². The predicted molar refractivity (Wildman–Crippen MR) is 99.4 cm³/mol. The standard InChI is InChI=1S/C18H19Cl2NO2S/c1-2-12-6-8-16(24-12)17(13-7-5-11(19)10-14(13)20)21-9-3-4-15(21)18(22)23/h5-8,10,15,17H,2-4,9H2,1H3,(H,22,23). The van der Waals surface area contributed by atoms with Crippen molar-refractivity contribution in [1.29, 1.82) is 0 Å². The lowest BCUT2D eigenvalue weighted by Crippen LogP contribution is -2.39. The summed E-state index contributed by atoms with van der Waals surface area (Å²) in [5.41, 5.74) is 0.915. The fraction of sp³-hybridized carbons (Fsp3) is 0.389. The summed E-state index contributed by atoms with van der Waals surface area (Å²) in [6.45, 7) is 2.87. The zero-order chi connectivity index (χ0) is 17.3. The first-order valence-electron chi connectivity index (χ1n) is 8.03. The van der Waals surface area contributed by atoms with Gasteiger partial charge in [-0.15, -0.1) is 11.3 Å². The Hall–Kier alpha value is -1.07. The van der Waals surface area contributed by atoms with Gasteiger partial charge in [-0.25, -0.2) is 0 Å². The van der Waals surface area contributed by atoms with Crippen LogP contribution >= 0.6 is 34.5 Å². The number of thiophene rings is 1. The molecule has 0 spiro atoms. The van der Waals surface area contributed by atoms with Gasteiger partial charge in [-0.1, -0.05) is 36.2 Å². The molecule has 0 aliphatic carbocycles. The van der Waals surface area contributed by atoms with Gasteiger partial charge >= 0.3 is 5.97 Å². The maximum Gasteiger partial charge on any atom is 0.320 e. The Balaban J connectivity index is 2.08. The number of likely N-dealkylation sites (tertiary alicyclic amines) is 1. The first-order chi connectivity index (χ1) is 11.5. The molecule has 1 aromatic heterocycles. The maximum absolute atomic E-state index is 11.7. The average molecular weight is 384 g/mol. The van der Waals surface area contributed by atoms with Crippen LogP contribution in [0.1, 0.15) is 41.1 Å². The van der Waals surface area contributed by atoms with E-state index in [1.54, 1.807) is 17.4 Å². The lowest BCUT2D eigenvalue weighted by molar-refractivity contribution is -0.142. The van der Waals surface area contributed by atoms with E-state index in [2.05, 4.69) is 24.0 Å². The Labute approximate surface area is 155 Å². The summed E-state index contributed by atoms with van der Waals surface area (Å²) in [6, 6.07) is 9.04. The van der Waals surface area contributed by atoms with Crippen LogP contribution in [0.2, 0.25) is 10.0 Å². The highest BCUT2D eigenvalue weighted by molar-refractivity contribution is 7.12. The van der Waals surface area contributed by atoms with E-state index in [4.69, 9.17) is 23.2 Å². The van der Waals surface area contributed by atoms with Crippen molar-refractivity contribution in [3.63, 3.8) is 0 Å². The second kappa shape index (κ2) is 7.44. The molecule has 1 aliphatic heterocycles. The van der Waals surface area contributed by atoms with Crippen LogP contribution in [0.5, 0.6) is 0 Å². The number of carbonyl (C=O) groups is 1. The van der Waals surface area contributed by atoms with Crippen LogP contribution in [-0.2, 0) is 11.2 Å². The molecule has 0 amide bonds. The van der Waals surface area contributed by atoms with Gasteiger partial charge in [0.1, 0.15) is 6.04 Å². The Bertz CT molecular complexity index is 746. The van der Waals surface area contributed by atoms with Gasteiger partial charge in [0.05, 0.1) is 6.04 Å². The lowest BCUT2D eigenvalue weighted by Gasteiger charge is -2.31. The number of aliphatic carboxylic acids is 1. The molecule has 2 aromatic rings. The number of aryl methyl sites for hydroxylation is 1. The SMILES string of the molecule is CCc1ccc(C(c2ccc(Cl)cc2Cl)N2CCCC2C(=O)O)s1. The van der Waals surface area contributed by atoms with Crippen LogP contribution in [-0.4, -0.2) is 28.6 Å². The molecule has 2 unspecified atom stereocenters. The molecular weight excluding hydrogens is 365 g/mol. The topological polar surface area (TPSA) is 40.5 Å². The van der Waals surface area contributed by atoms with Crippen molar-refractivity contribution < 1.29 is 9.90 Å². The molecule has 0 saturated carbocycles. The highest BCUT2D eigenvalue weighted by atomic mass is 35.5. The van der Waals surface area contributed by atoms with Crippen LogP contribution in [0.25, 0.3) is 0 Å². The largest absolute Gasteiger partial charge is 0.480 e. The summed E-state index contributed by atoms with van der Waals surface area (Å²) < 4.78 is 0. The summed E-state index contributed by atoms with van der Waals surface area (Å²) in [5, 5.41) is 10.8.